The number of ether oxygens (including phenoxy) is 6. The molecule has 6 heterocycles. The first-order valence-electron chi connectivity index (χ1n) is 31.3. The highest BCUT2D eigenvalue weighted by atomic mass is 127. The van der Waals surface area contributed by atoms with Gasteiger partial charge in [-0.15, -0.1) is 0 Å². The van der Waals surface area contributed by atoms with Crippen LogP contribution in [0.3, 0.4) is 0 Å². The standard InChI is InChI=1S/C14H17ClN2O2.C13H15ClN2O2.C13H16N2O2.C10H18O5.C9H9ClN2.C8H8N2.C4H4ClNO2.CH3I.CH4.ClH/c1-14(2,3)19-13(18)16-10-6-5-7-11-12(10)9(15)8-17(11)4;1-13(2,3)18-12(17)16-10-6-4-5-9-11(10)8(14)7-15-9;1-13(2,3)17-12(16)15-11-6-4-5-10-9(11)7-8-14-10;1-9(2,3)14-7(11)13-8(12)15-10(4,5)6;1-12-5-6(10)9-7(11)3-2-4-8(9)12;9-7-2-1-3-8-6(7)4-5-10-8;5-6-3(7)1-2-4(6)8;1-2;;/h5-8H,1-4H3,(H,16,18);4-7,15H,1-3H3,(H,16,17);4-8,14H,1-3H3,(H,15,16);1-6H3;2-5H,11H2,1H3;1-5,10H,9H2;1-2H2;1H3;1H4;1H. The third-order valence-electron chi connectivity index (χ3n) is 12.7. The number of imide groups is 1. The molecule has 0 aliphatic carbocycles. The van der Waals surface area contributed by atoms with Crippen LogP contribution in [0.1, 0.15) is 124 Å². The third-order valence-corrected chi connectivity index (χ3v) is 14.0. The zero-order chi connectivity index (χ0) is 76.1. The van der Waals surface area contributed by atoms with E-state index in [9.17, 15) is 33.6 Å². The molecule has 10 aromatic rings. The molecule has 1 saturated heterocycles. The van der Waals surface area contributed by atoms with E-state index in [1.165, 1.54) is 0 Å². The summed E-state index contributed by atoms with van der Waals surface area (Å²) >= 11 is 25.6. The molecule has 0 bridgehead atoms. The van der Waals surface area contributed by atoms with Crippen molar-refractivity contribution in [1.82, 2.24) is 28.5 Å². The molecular formula is C73H95Cl5IN11O13. The Labute approximate surface area is 640 Å². The van der Waals surface area contributed by atoms with Crippen molar-refractivity contribution in [3.05, 3.63) is 149 Å². The van der Waals surface area contributed by atoms with Crippen LogP contribution in [0.4, 0.5) is 52.4 Å². The fourth-order valence-corrected chi connectivity index (χ4v) is 10.0. The van der Waals surface area contributed by atoms with E-state index in [0.717, 1.165) is 76.6 Å². The van der Waals surface area contributed by atoms with Crippen LogP contribution in [-0.4, -0.2) is 104 Å². The van der Waals surface area contributed by atoms with Gasteiger partial charge in [0.05, 0.1) is 48.5 Å². The molecule has 5 aromatic carbocycles. The molecule has 0 saturated carbocycles. The van der Waals surface area contributed by atoms with Crippen molar-refractivity contribution < 1.29 is 80.1 Å². The van der Waals surface area contributed by atoms with Crippen LogP contribution in [0, 0.1) is 0 Å². The maximum atomic E-state index is 11.8. The Morgan fingerprint density at radius 3 is 1.26 bits per heavy atom. The van der Waals surface area contributed by atoms with Gasteiger partial charge in [0.15, 0.2) is 0 Å². The van der Waals surface area contributed by atoms with Gasteiger partial charge in [-0.05, 0) is 182 Å². The summed E-state index contributed by atoms with van der Waals surface area (Å²) in [5, 5.41) is 14.9. The lowest BCUT2D eigenvalue weighted by Crippen LogP contribution is -3.00. The normalized spacial score (nSPS) is 11.7. The summed E-state index contributed by atoms with van der Waals surface area (Å²) in [4.78, 5) is 89.1. The number of rotatable bonds is 3. The molecule has 5 amide bonds. The van der Waals surface area contributed by atoms with Crippen molar-refractivity contribution in [1.29, 1.82) is 0 Å². The highest BCUT2D eigenvalue weighted by molar-refractivity contribution is 14.1. The maximum Gasteiger partial charge on any atom is 0.519 e. The van der Waals surface area contributed by atoms with Crippen LogP contribution in [0.2, 0.25) is 15.1 Å². The first-order chi connectivity index (χ1) is 46.9. The second-order valence-corrected chi connectivity index (χ2v) is 28.6. The van der Waals surface area contributed by atoms with Gasteiger partial charge in [-0.1, -0.05) is 95.2 Å². The number of carbonyl (C=O) groups excluding carboxylic acids is 7. The lowest BCUT2D eigenvalue weighted by atomic mass is 10.2. The molecule has 0 radical (unpaired) electrons. The molecule has 562 valence electrons. The van der Waals surface area contributed by atoms with Crippen molar-refractivity contribution in [2.75, 3.05) is 26.6 Å². The Bertz CT molecular complexity index is 4430. The Kier molecular flexibility index (Phi) is 35.1. The van der Waals surface area contributed by atoms with Crippen molar-refractivity contribution >= 4 is 195 Å². The molecule has 1 fully saturated rings. The second kappa shape index (κ2) is 39.9. The predicted octanol–water partition coefficient (Wildman–Crippen LogP) is 17.2. The van der Waals surface area contributed by atoms with Gasteiger partial charge >= 0.3 is 30.6 Å². The number of hydrogen-bond donors (Lipinski definition) is 8. The Hall–Kier alpha value is -8.57. The van der Waals surface area contributed by atoms with Gasteiger partial charge in [0.2, 0.25) is 11.8 Å². The van der Waals surface area contributed by atoms with Crippen molar-refractivity contribution in [3.63, 3.8) is 0 Å². The van der Waals surface area contributed by atoms with E-state index in [1.54, 1.807) is 59.9 Å². The number of amides is 5. The molecule has 0 atom stereocenters. The number of nitrogen functional groups attached to an aromatic ring is 1. The number of quaternary nitrogens is 1. The van der Waals surface area contributed by atoms with Crippen LogP contribution in [-0.2, 0) is 52.1 Å². The zero-order valence-electron chi connectivity index (χ0n) is 60.3. The highest BCUT2D eigenvalue weighted by Gasteiger charge is 2.28. The monoisotopic (exact) mass is 1640 g/mol. The minimum atomic E-state index is -1.06. The molecule has 0 spiro atoms. The Morgan fingerprint density at radius 2 is 0.845 bits per heavy atom. The number of halogens is 6. The number of benzene rings is 5. The first-order valence-corrected chi connectivity index (χ1v) is 35.0. The number of fused-ring (bicyclic) bond motifs is 5. The van der Waals surface area contributed by atoms with E-state index >= 15 is 0 Å². The van der Waals surface area contributed by atoms with E-state index < -0.39 is 58.6 Å². The number of anilines is 4. The van der Waals surface area contributed by atoms with Crippen LogP contribution in [0.15, 0.2) is 134 Å². The SMILES string of the molecule is C.CC(C)(C)OC(=O)Nc1cccc2[nH]cc(Cl)c12.CC(C)(C)OC(=O)Nc1cccc2[nH]ccc12.CC(C)(C)OC(=O)OC(=O)OC(C)(C)C.CI.Cn1cc(Cl)c2c(NC(=O)OC(C)(C)C)cccc21.Cn1cc(Cl)c2c([NH3+])cccc21.Nc1cccc2[nH]ccc12.O=C1CCC(=O)N1Cl.[Cl-]. The van der Waals surface area contributed by atoms with Gasteiger partial charge in [-0.2, -0.15) is 4.42 Å². The minimum absolute atomic E-state index is 0. The largest absolute Gasteiger partial charge is 1.00 e. The Balaban J connectivity index is 0.000000411. The van der Waals surface area contributed by atoms with E-state index in [4.69, 9.17) is 76.0 Å². The summed E-state index contributed by atoms with van der Waals surface area (Å²) < 4.78 is 34.0. The van der Waals surface area contributed by atoms with Crippen LogP contribution < -0.4 is 39.8 Å². The number of aromatic nitrogens is 5. The van der Waals surface area contributed by atoms with Gasteiger partial charge in [0.25, 0.3) is 0 Å². The highest BCUT2D eigenvalue weighted by Crippen LogP contribution is 2.34. The summed E-state index contributed by atoms with van der Waals surface area (Å²) in [6.07, 6.45) is 6.13. The topological polar surface area (TPSA) is 325 Å². The Morgan fingerprint density at radius 1 is 0.485 bits per heavy atom. The lowest BCUT2D eigenvalue weighted by molar-refractivity contribution is -0.252. The number of nitrogens with zero attached hydrogens (tertiary/aromatic N) is 3. The quantitative estimate of drug-likeness (QED) is 0.0119. The number of aromatic amines is 3. The van der Waals surface area contributed by atoms with Crippen LogP contribution in [0.5, 0.6) is 0 Å². The van der Waals surface area contributed by atoms with E-state index in [-0.39, 0.29) is 44.5 Å². The number of aryl methyl sites for hydroxylation is 2. The number of hydrogen-bond acceptors (Lipinski definition) is 14. The van der Waals surface area contributed by atoms with Gasteiger partial charge in [-0.3, -0.25) is 25.5 Å². The molecule has 30 heteroatoms. The van der Waals surface area contributed by atoms with Gasteiger partial charge in [0, 0.05) is 113 Å². The van der Waals surface area contributed by atoms with E-state index in [2.05, 4.69) is 64.0 Å². The molecule has 103 heavy (non-hydrogen) atoms. The fraction of sp³-hybridized carbons (Fsp3) is 0.356. The van der Waals surface area contributed by atoms with Gasteiger partial charge in [-0.25, -0.2) is 24.0 Å². The molecule has 1 aliphatic rings. The summed E-state index contributed by atoms with van der Waals surface area (Å²) in [5.74, 6) is -0.590. The number of alkyl halides is 1. The average Bonchev–Trinajstić information content (AvgIpc) is 1.65. The van der Waals surface area contributed by atoms with E-state index in [0.29, 0.717) is 25.8 Å². The lowest BCUT2D eigenvalue weighted by Gasteiger charge is -2.20. The number of nitrogens with one attached hydrogen (secondary N) is 6. The van der Waals surface area contributed by atoms with Crippen LogP contribution >= 0.6 is 69.2 Å². The third kappa shape index (κ3) is 30.3. The zero-order valence-corrected chi connectivity index (χ0v) is 66.3. The molecule has 11 rings (SSSR count). The average molecular weight is 1640 g/mol. The smallest absolute Gasteiger partial charge is 0.519 e. The summed E-state index contributed by atoms with van der Waals surface area (Å²) in [6.45, 7) is 26.4. The molecule has 0 unspecified atom stereocenters. The molecule has 1 aliphatic heterocycles. The predicted molar refractivity (Wildman–Crippen MR) is 419 cm³/mol. The van der Waals surface area contributed by atoms with Crippen molar-refractivity contribution in [2.45, 2.75) is 152 Å². The van der Waals surface area contributed by atoms with Crippen molar-refractivity contribution in [3.8, 4) is 0 Å². The number of H-pyrrole nitrogens is 3. The number of nitrogens with two attached hydrogens (primary N) is 1. The van der Waals surface area contributed by atoms with Crippen molar-refractivity contribution in [2.24, 2.45) is 14.1 Å². The van der Waals surface area contributed by atoms with Gasteiger partial charge in [0.1, 0.15) is 33.7 Å². The molecule has 24 nitrogen and oxygen atoms in total. The second-order valence-electron chi connectivity index (χ2n) is 27.1. The fourth-order valence-electron chi connectivity index (χ4n) is 8.90. The minimum Gasteiger partial charge on any atom is -1.00 e. The first kappa shape index (κ1) is 90.5. The summed E-state index contributed by atoms with van der Waals surface area (Å²) in [5.41, 5.74) is 15.6. The molecule has 11 N–H and O–H groups in total. The maximum absolute atomic E-state index is 11.8. The van der Waals surface area contributed by atoms with E-state index in [1.807, 2.05) is 206 Å². The van der Waals surface area contributed by atoms with Crippen LogP contribution in [0.25, 0.3) is 54.5 Å². The van der Waals surface area contributed by atoms with Gasteiger partial charge < -0.3 is 76.4 Å². The molecule has 5 aromatic heterocycles. The molecular weight excluding hydrogens is 1540 g/mol. The summed E-state index contributed by atoms with van der Waals surface area (Å²) in [6, 6.07) is 32.5. The number of carbonyl (C=O) groups is 7. The summed E-state index contributed by atoms with van der Waals surface area (Å²) in [7, 11) is 3.89.